The van der Waals surface area contributed by atoms with Gasteiger partial charge in [-0.3, -0.25) is 0 Å². The maximum Gasteiger partial charge on any atom is 0.0923 e. The highest BCUT2D eigenvalue weighted by atomic mass is 16.3. The zero-order valence-electron chi connectivity index (χ0n) is 13.9. The molecule has 0 aromatic rings. The lowest BCUT2D eigenvalue weighted by Crippen LogP contribution is -2.51. The molecule has 3 unspecified atom stereocenters. The van der Waals surface area contributed by atoms with Crippen LogP contribution in [-0.4, -0.2) is 10.7 Å². The van der Waals surface area contributed by atoms with E-state index in [9.17, 15) is 5.11 Å². The number of aliphatic hydroxyl groups is 1. The summed E-state index contributed by atoms with van der Waals surface area (Å²) in [6.07, 6.45) is 13.1. The minimum Gasteiger partial charge on any atom is -0.385 e. The highest BCUT2D eigenvalue weighted by Crippen LogP contribution is 2.51. The molecular weight excluding hydrogens is 244 g/mol. The van der Waals surface area contributed by atoms with Gasteiger partial charge in [-0.05, 0) is 48.9 Å². The van der Waals surface area contributed by atoms with Gasteiger partial charge in [0.1, 0.15) is 0 Å². The molecule has 1 N–H and O–H groups in total. The van der Waals surface area contributed by atoms with E-state index in [-0.39, 0.29) is 5.92 Å². The van der Waals surface area contributed by atoms with Crippen LogP contribution in [0.1, 0.15) is 60.3 Å². The predicted octanol–water partition coefficient (Wildman–Crippen LogP) is 4.97. The molecule has 0 aromatic heterocycles. The van der Waals surface area contributed by atoms with Crippen LogP contribution in [0.3, 0.4) is 0 Å². The molecule has 1 saturated carbocycles. The quantitative estimate of drug-likeness (QED) is 0.771. The average molecular weight is 276 g/mol. The lowest BCUT2D eigenvalue weighted by molar-refractivity contribution is -0.0826. The van der Waals surface area contributed by atoms with Gasteiger partial charge in [0.2, 0.25) is 0 Å². The van der Waals surface area contributed by atoms with E-state index in [2.05, 4.69) is 52.8 Å². The van der Waals surface area contributed by atoms with Gasteiger partial charge in [-0.25, -0.2) is 0 Å². The molecule has 0 saturated heterocycles. The zero-order valence-corrected chi connectivity index (χ0v) is 13.9. The molecule has 0 aliphatic heterocycles. The normalized spacial score (nSPS) is 40.2. The minimum absolute atomic E-state index is 0.271. The van der Waals surface area contributed by atoms with Crippen molar-refractivity contribution in [3.05, 3.63) is 24.3 Å². The minimum atomic E-state index is -0.643. The Morgan fingerprint density at radius 2 is 1.95 bits per heavy atom. The molecule has 2 aliphatic carbocycles. The molecule has 1 nitrogen and oxygen atoms in total. The third-order valence-electron chi connectivity index (χ3n) is 5.75. The Morgan fingerprint density at radius 1 is 1.25 bits per heavy atom. The fourth-order valence-corrected chi connectivity index (χ4v) is 4.46. The summed E-state index contributed by atoms with van der Waals surface area (Å²) in [5, 5.41) is 11.5. The van der Waals surface area contributed by atoms with Crippen LogP contribution in [-0.2, 0) is 0 Å². The molecule has 0 bridgehead atoms. The SMILES string of the molecule is CC[C@@H]1C=CC=CC1(O)C1CC(C)(C)CCC1C(C)C. The first kappa shape index (κ1) is 15.8. The van der Waals surface area contributed by atoms with Crippen molar-refractivity contribution in [3.8, 4) is 0 Å². The van der Waals surface area contributed by atoms with Gasteiger partial charge in [0.25, 0.3) is 0 Å². The Balaban J connectivity index is 2.34. The maximum atomic E-state index is 11.5. The van der Waals surface area contributed by atoms with Crippen molar-refractivity contribution in [1.82, 2.24) is 0 Å². The van der Waals surface area contributed by atoms with Crippen molar-refractivity contribution in [2.45, 2.75) is 65.9 Å². The summed E-state index contributed by atoms with van der Waals surface area (Å²) >= 11 is 0. The van der Waals surface area contributed by atoms with Gasteiger partial charge in [-0.1, -0.05) is 58.9 Å². The van der Waals surface area contributed by atoms with Crippen molar-refractivity contribution in [1.29, 1.82) is 0 Å². The van der Waals surface area contributed by atoms with Crippen LogP contribution in [0.5, 0.6) is 0 Å². The first-order chi connectivity index (χ1) is 9.30. The number of rotatable bonds is 3. The van der Waals surface area contributed by atoms with Crippen LogP contribution in [0.15, 0.2) is 24.3 Å². The van der Waals surface area contributed by atoms with Gasteiger partial charge < -0.3 is 5.11 Å². The summed E-state index contributed by atoms with van der Waals surface area (Å²) in [6, 6.07) is 0. The van der Waals surface area contributed by atoms with Crippen molar-refractivity contribution in [2.24, 2.45) is 29.1 Å². The van der Waals surface area contributed by atoms with E-state index in [1.54, 1.807) is 0 Å². The summed E-state index contributed by atoms with van der Waals surface area (Å²) in [4.78, 5) is 0. The molecule has 2 rings (SSSR count). The largest absolute Gasteiger partial charge is 0.385 e. The van der Waals surface area contributed by atoms with Gasteiger partial charge in [0.05, 0.1) is 5.60 Å². The number of allylic oxidation sites excluding steroid dienone is 2. The number of hydrogen-bond donors (Lipinski definition) is 1. The molecule has 1 fully saturated rings. The summed E-state index contributed by atoms with van der Waals surface area (Å²) in [6.45, 7) is 11.6. The van der Waals surface area contributed by atoms with Crippen LogP contribution in [0.2, 0.25) is 0 Å². The molecule has 2 aliphatic rings. The molecule has 0 heterocycles. The molecule has 4 atom stereocenters. The first-order valence-corrected chi connectivity index (χ1v) is 8.38. The molecule has 114 valence electrons. The van der Waals surface area contributed by atoms with Gasteiger partial charge in [-0.2, -0.15) is 0 Å². The monoisotopic (exact) mass is 276 g/mol. The molecule has 0 radical (unpaired) electrons. The van der Waals surface area contributed by atoms with E-state index in [1.165, 1.54) is 12.8 Å². The molecule has 1 heteroatoms. The van der Waals surface area contributed by atoms with E-state index < -0.39 is 5.60 Å². The van der Waals surface area contributed by atoms with Gasteiger partial charge in [-0.15, -0.1) is 0 Å². The highest BCUT2D eigenvalue weighted by molar-refractivity contribution is 5.24. The van der Waals surface area contributed by atoms with Gasteiger partial charge in [0.15, 0.2) is 0 Å². The lowest BCUT2D eigenvalue weighted by atomic mass is 9.56. The van der Waals surface area contributed by atoms with Gasteiger partial charge >= 0.3 is 0 Å². The fraction of sp³-hybridized carbons (Fsp3) is 0.789. The van der Waals surface area contributed by atoms with E-state index in [1.807, 2.05) is 6.08 Å². The summed E-state index contributed by atoms with van der Waals surface area (Å²) in [5.74, 6) is 1.94. The molecule has 0 aromatic carbocycles. The van der Waals surface area contributed by atoms with E-state index in [0.717, 1.165) is 12.8 Å². The van der Waals surface area contributed by atoms with Crippen LogP contribution in [0.25, 0.3) is 0 Å². The van der Waals surface area contributed by atoms with E-state index >= 15 is 0 Å². The third kappa shape index (κ3) is 2.88. The molecule has 0 spiro atoms. The zero-order chi connectivity index (χ0) is 15.0. The van der Waals surface area contributed by atoms with Crippen LogP contribution < -0.4 is 0 Å². The highest BCUT2D eigenvalue weighted by Gasteiger charge is 2.49. The maximum absolute atomic E-state index is 11.5. The average Bonchev–Trinajstić information content (AvgIpc) is 2.37. The summed E-state index contributed by atoms with van der Waals surface area (Å²) in [7, 11) is 0. The van der Waals surface area contributed by atoms with Crippen LogP contribution in [0.4, 0.5) is 0 Å². The standard InChI is InChI=1S/C19H32O/c1-6-15-9-7-8-11-19(15,20)17-13-18(4,5)12-10-16(17)14(2)3/h7-9,11,14-17,20H,6,10,12-13H2,1-5H3/t15-,16?,17?,19?/m1/s1. The Kier molecular flexibility index (Phi) is 4.49. The topological polar surface area (TPSA) is 20.2 Å². The van der Waals surface area contributed by atoms with Crippen molar-refractivity contribution >= 4 is 0 Å². The van der Waals surface area contributed by atoms with Gasteiger partial charge in [0, 0.05) is 5.92 Å². The van der Waals surface area contributed by atoms with Crippen molar-refractivity contribution in [2.75, 3.05) is 0 Å². The summed E-state index contributed by atoms with van der Waals surface area (Å²) < 4.78 is 0. The van der Waals surface area contributed by atoms with E-state index in [0.29, 0.717) is 23.2 Å². The first-order valence-electron chi connectivity index (χ1n) is 8.38. The second kappa shape index (κ2) is 5.67. The number of hydrogen-bond acceptors (Lipinski definition) is 1. The summed E-state index contributed by atoms with van der Waals surface area (Å²) in [5.41, 5.74) is -0.283. The molecule has 0 amide bonds. The predicted molar refractivity (Wildman–Crippen MR) is 86.5 cm³/mol. The second-order valence-corrected chi connectivity index (χ2v) is 8.07. The smallest absolute Gasteiger partial charge is 0.0923 e. The Bertz CT molecular complexity index is 391. The van der Waals surface area contributed by atoms with Crippen molar-refractivity contribution < 1.29 is 5.11 Å². The second-order valence-electron chi connectivity index (χ2n) is 8.07. The fourth-order valence-electron chi connectivity index (χ4n) is 4.46. The van der Waals surface area contributed by atoms with Crippen LogP contribution >= 0.6 is 0 Å². The molecular formula is C19H32O. The molecule has 20 heavy (non-hydrogen) atoms. The Hall–Kier alpha value is -0.560. The van der Waals surface area contributed by atoms with Crippen molar-refractivity contribution in [3.63, 3.8) is 0 Å². The lowest BCUT2D eigenvalue weighted by Gasteiger charge is -2.51. The van der Waals surface area contributed by atoms with E-state index in [4.69, 9.17) is 0 Å². The third-order valence-corrected chi connectivity index (χ3v) is 5.75. The Morgan fingerprint density at radius 3 is 2.55 bits per heavy atom. The Labute approximate surface area is 125 Å². The van der Waals surface area contributed by atoms with Crippen LogP contribution in [0, 0.1) is 29.1 Å².